The molecule has 0 fully saturated rings. The van der Waals surface area contributed by atoms with Crippen molar-refractivity contribution in [3.8, 4) is 5.75 Å². The van der Waals surface area contributed by atoms with Crippen LogP contribution in [0.1, 0.15) is 18.9 Å². The average molecular weight is 238 g/mol. The van der Waals surface area contributed by atoms with Crippen LogP contribution in [-0.4, -0.2) is 24.6 Å². The van der Waals surface area contributed by atoms with Crippen molar-refractivity contribution in [1.29, 1.82) is 0 Å². The smallest absolute Gasteiger partial charge is 0.276 e. The van der Waals surface area contributed by atoms with Crippen molar-refractivity contribution in [3.63, 3.8) is 0 Å². The minimum absolute atomic E-state index is 0.101. The maximum absolute atomic E-state index is 10.7. The van der Waals surface area contributed by atoms with Gasteiger partial charge in [-0.1, -0.05) is 6.92 Å². The number of ether oxygens (including phenoxy) is 1. The second-order valence-corrected chi connectivity index (χ2v) is 3.80. The predicted octanol–water partition coefficient (Wildman–Crippen LogP) is 2.28. The van der Waals surface area contributed by atoms with E-state index in [-0.39, 0.29) is 5.69 Å². The van der Waals surface area contributed by atoms with Crippen LogP contribution in [0.3, 0.4) is 0 Å². The van der Waals surface area contributed by atoms with E-state index >= 15 is 0 Å². The molecule has 0 aliphatic carbocycles. The maximum Gasteiger partial charge on any atom is 0.276 e. The van der Waals surface area contributed by atoms with Gasteiger partial charge in [0.05, 0.1) is 11.0 Å². The van der Waals surface area contributed by atoms with E-state index in [2.05, 4.69) is 12.2 Å². The van der Waals surface area contributed by atoms with Gasteiger partial charge in [0, 0.05) is 12.1 Å². The molecule has 0 aromatic heterocycles. The molecule has 17 heavy (non-hydrogen) atoms. The number of nitro groups is 1. The van der Waals surface area contributed by atoms with E-state index < -0.39 is 4.92 Å². The Hall–Kier alpha value is -1.62. The molecule has 0 saturated heterocycles. The molecule has 0 heterocycles. The first-order valence-electron chi connectivity index (χ1n) is 5.73. The summed E-state index contributed by atoms with van der Waals surface area (Å²) in [6.45, 7) is 6.02. The van der Waals surface area contributed by atoms with Crippen LogP contribution in [0, 0.1) is 17.0 Å². The standard InChI is InChI=1S/C12H18N2O3/c1-3-6-13-7-8-17-11-5-4-10(2)12(9-11)14(15)16/h4-5,9,13H,3,6-8H2,1-2H3. The first-order valence-corrected chi connectivity index (χ1v) is 5.73. The molecule has 5 nitrogen and oxygen atoms in total. The summed E-state index contributed by atoms with van der Waals surface area (Å²) in [7, 11) is 0. The lowest BCUT2D eigenvalue weighted by atomic mass is 10.2. The van der Waals surface area contributed by atoms with E-state index in [0.29, 0.717) is 17.9 Å². The highest BCUT2D eigenvalue weighted by molar-refractivity contribution is 5.45. The lowest BCUT2D eigenvalue weighted by Crippen LogP contribution is -2.21. The Morgan fingerprint density at radius 3 is 2.82 bits per heavy atom. The fourth-order valence-corrected chi connectivity index (χ4v) is 1.42. The van der Waals surface area contributed by atoms with Crippen LogP contribution < -0.4 is 10.1 Å². The third-order valence-corrected chi connectivity index (χ3v) is 2.35. The quantitative estimate of drug-likeness (QED) is 0.449. The number of nitrogens with one attached hydrogen (secondary N) is 1. The van der Waals surface area contributed by atoms with Crippen LogP contribution in [0.4, 0.5) is 5.69 Å². The summed E-state index contributed by atoms with van der Waals surface area (Å²) in [6.07, 6.45) is 1.08. The van der Waals surface area contributed by atoms with E-state index in [1.807, 2.05) is 0 Å². The third kappa shape index (κ3) is 4.40. The highest BCUT2D eigenvalue weighted by Gasteiger charge is 2.11. The molecule has 0 spiro atoms. The Morgan fingerprint density at radius 1 is 1.41 bits per heavy atom. The van der Waals surface area contributed by atoms with Crippen molar-refractivity contribution in [2.75, 3.05) is 19.7 Å². The van der Waals surface area contributed by atoms with Gasteiger partial charge in [0.2, 0.25) is 0 Å². The molecule has 94 valence electrons. The molecule has 1 rings (SSSR count). The summed E-state index contributed by atoms with van der Waals surface area (Å²) >= 11 is 0. The summed E-state index contributed by atoms with van der Waals surface area (Å²) in [6, 6.07) is 4.92. The molecule has 0 aliphatic heterocycles. The van der Waals surface area contributed by atoms with Gasteiger partial charge in [0.15, 0.2) is 0 Å². The number of nitro benzene ring substituents is 1. The molecule has 0 bridgehead atoms. The minimum atomic E-state index is -0.391. The van der Waals surface area contributed by atoms with Gasteiger partial charge >= 0.3 is 0 Å². The van der Waals surface area contributed by atoms with Crippen LogP contribution in [0.15, 0.2) is 18.2 Å². The van der Waals surface area contributed by atoms with Crippen molar-refractivity contribution in [1.82, 2.24) is 5.32 Å². The summed E-state index contributed by atoms with van der Waals surface area (Å²) in [5, 5.41) is 13.9. The zero-order valence-electron chi connectivity index (χ0n) is 10.2. The fourth-order valence-electron chi connectivity index (χ4n) is 1.42. The zero-order chi connectivity index (χ0) is 12.7. The Kier molecular flexibility index (Phi) is 5.42. The molecule has 0 unspecified atom stereocenters. The van der Waals surface area contributed by atoms with Crippen molar-refractivity contribution in [3.05, 3.63) is 33.9 Å². The highest BCUT2D eigenvalue weighted by atomic mass is 16.6. The van der Waals surface area contributed by atoms with Gasteiger partial charge in [-0.05, 0) is 32.0 Å². The van der Waals surface area contributed by atoms with Crippen molar-refractivity contribution in [2.45, 2.75) is 20.3 Å². The van der Waals surface area contributed by atoms with Gasteiger partial charge in [-0.15, -0.1) is 0 Å². The second-order valence-electron chi connectivity index (χ2n) is 3.80. The zero-order valence-corrected chi connectivity index (χ0v) is 10.2. The molecule has 1 aromatic rings. The number of hydrogen-bond donors (Lipinski definition) is 1. The topological polar surface area (TPSA) is 64.4 Å². The molecule has 1 aromatic carbocycles. The molecular weight excluding hydrogens is 220 g/mol. The maximum atomic E-state index is 10.7. The van der Waals surface area contributed by atoms with Crippen molar-refractivity contribution < 1.29 is 9.66 Å². The van der Waals surface area contributed by atoms with Gasteiger partial charge in [-0.3, -0.25) is 10.1 Å². The van der Waals surface area contributed by atoms with Crippen LogP contribution in [0.2, 0.25) is 0 Å². The number of nitrogens with zero attached hydrogens (tertiary/aromatic N) is 1. The van der Waals surface area contributed by atoms with Crippen LogP contribution in [0.5, 0.6) is 5.75 Å². The Labute approximate surface area is 101 Å². The van der Waals surface area contributed by atoms with Gasteiger partial charge < -0.3 is 10.1 Å². The largest absolute Gasteiger partial charge is 0.492 e. The van der Waals surface area contributed by atoms with E-state index in [1.54, 1.807) is 19.1 Å². The lowest BCUT2D eigenvalue weighted by Gasteiger charge is -2.07. The van der Waals surface area contributed by atoms with E-state index in [0.717, 1.165) is 19.5 Å². The van der Waals surface area contributed by atoms with Gasteiger partial charge in [-0.25, -0.2) is 0 Å². The average Bonchev–Trinajstić information content (AvgIpc) is 2.30. The molecule has 0 saturated carbocycles. The Morgan fingerprint density at radius 2 is 2.18 bits per heavy atom. The van der Waals surface area contributed by atoms with Gasteiger partial charge in [-0.2, -0.15) is 0 Å². The number of aryl methyl sites for hydroxylation is 1. The highest BCUT2D eigenvalue weighted by Crippen LogP contribution is 2.23. The summed E-state index contributed by atoms with van der Waals surface area (Å²) in [5.74, 6) is 0.542. The Bertz CT molecular complexity index is 380. The van der Waals surface area contributed by atoms with Gasteiger partial charge in [0.1, 0.15) is 12.4 Å². The molecule has 0 atom stereocenters. The Balaban J connectivity index is 2.49. The van der Waals surface area contributed by atoms with Crippen LogP contribution in [0.25, 0.3) is 0 Å². The molecule has 1 N–H and O–H groups in total. The van der Waals surface area contributed by atoms with E-state index in [1.165, 1.54) is 6.07 Å². The summed E-state index contributed by atoms with van der Waals surface area (Å²) in [5.41, 5.74) is 0.746. The second kappa shape index (κ2) is 6.85. The molecule has 0 aliphatic rings. The van der Waals surface area contributed by atoms with E-state index in [9.17, 15) is 10.1 Å². The van der Waals surface area contributed by atoms with E-state index in [4.69, 9.17) is 4.74 Å². The van der Waals surface area contributed by atoms with Crippen molar-refractivity contribution in [2.24, 2.45) is 0 Å². The lowest BCUT2D eigenvalue weighted by molar-refractivity contribution is -0.385. The minimum Gasteiger partial charge on any atom is -0.492 e. The SMILES string of the molecule is CCCNCCOc1ccc(C)c([N+](=O)[O-])c1. The normalized spacial score (nSPS) is 10.2. The first kappa shape index (κ1) is 13.4. The first-order chi connectivity index (χ1) is 8.15. The summed E-state index contributed by atoms with van der Waals surface area (Å²) in [4.78, 5) is 10.3. The van der Waals surface area contributed by atoms with Crippen LogP contribution >= 0.6 is 0 Å². The molecule has 5 heteroatoms. The monoisotopic (exact) mass is 238 g/mol. The predicted molar refractivity (Wildman–Crippen MR) is 66.5 cm³/mol. The number of rotatable bonds is 7. The number of hydrogen-bond acceptors (Lipinski definition) is 4. The number of benzene rings is 1. The van der Waals surface area contributed by atoms with Crippen molar-refractivity contribution >= 4 is 5.69 Å². The summed E-state index contributed by atoms with van der Waals surface area (Å²) < 4.78 is 5.43. The third-order valence-electron chi connectivity index (χ3n) is 2.35. The molecule has 0 amide bonds. The van der Waals surface area contributed by atoms with Gasteiger partial charge in [0.25, 0.3) is 5.69 Å². The molecular formula is C12H18N2O3. The van der Waals surface area contributed by atoms with Crippen LogP contribution in [-0.2, 0) is 0 Å². The fraction of sp³-hybridized carbons (Fsp3) is 0.500. The molecule has 0 radical (unpaired) electrons.